The number of hydrogen-bond acceptors (Lipinski definition) is 2. The van der Waals surface area contributed by atoms with E-state index in [0.29, 0.717) is 6.42 Å². The Morgan fingerprint density at radius 2 is 2.06 bits per heavy atom. The first-order valence-electron chi connectivity index (χ1n) is 5.48. The van der Waals surface area contributed by atoms with Crippen LogP contribution in [0.1, 0.15) is 33.1 Å². The molecule has 1 fully saturated rings. The first-order chi connectivity index (χ1) is 7.35. The molecular weight excluding hydrogens is 221 g/mol. The highest BCUT2D eigenvalue weighted by Crippen LogP contribution is 2.23. The zero-order chi connectivity index (χ0) is 12.3. The van der Waals surface area contributed by atoms with Crippen molar-refractivity contribution in [3.8, 4) is 0 Å². The Morgan fingerprint density at radius 1 is 1.44 bits per heavy atom. The predicted octanol–water partition coefficient (Wildman–Crippen LogP) is 1.89. The summed E-state index contributed by atoms with van der Waals surface area (Å²) >= 11 is 0. The molecule has 0 saturated carbocycles. The standard InChI is InChI=1S/C10H17F3N2O/c1-3-4-8-14-7(2)9(16)15(8)6-5-10(11,12)13/h7-8,14H,3-6H2,1-2H3. The first-order valence-corrected chi connectivity index (χ1v) is 5.48. The van der Waals surface area contributed by atoms with Crippen molar-refractivity contribution in [1.29, 1.82) is 0 Å². The van der Waals surface area contributed by atoms with Gasteiger partial charge in [0.1, 0.15) is 0 Å². The lowest BCUT2D eigenvalue weighted by Crippen LogP contribution is -2.39. The van der Waals surface area contributed by atoms with Crippen LogP contribution >= 0.6 is 0 Å². The highest BCUT2D eigenvalue weighted by atomic mass is 19.4. The summed E-state index contributed by atoms with van der Waals surface area (Å²) in [4.78, 5) is 12.9. The van der Waals surface area contributed by atoms with E-state index < -0.39 is 12.6 Å². The molecule has 0 aromatic rings. The Kier molecular flexibility index (Phi) is 4.18. The number of carbonyl (C=O) groups is 1. The fourth-order valence-electron chi connectivity index (χ4n) is 1.88. The van der Waals surface area contributed by atoms with Crippen molar-refractivity contribution in [2.75, 3.05) is 6.54 Å². The van der Waals surface area contributed by atoms with E-state index in [1.807, 2.05) is 6.92 Å². The van der Waals surface area contributed by atoms with Gasteiger partial charge in [0.25, 0.3) is 0 Å². The summed E-state index contributed by atoms with van der Waals surface area (Å²) in [6, 6.07) is -0.371. The molecule has 0 aromatic heterocycles. The second kappa shape index (κ2) is 5.03. The summed E-state index contributed by atoms with van der Waals surface area (Å²) in [5.41, 5.74) is 0. The molecule has 16 heavy (non-hydrogen) atoms. The molecule has 1 heterocycles. The normalized spacial score (nSPS) is 26.6. The average Bonchev–Trinajstić information content (AvgIpc) is 2.40. The van der Waals surface area contributed by atoms with E-state index in [9.17, 15) is 18.0 Å². The van der Waals surface area contributed by atoms with Crippen LogP contribution < -0.4 is 5.32 Å². The summed E-state index contributed by atoms with van der Waals surface area (Å²) in [7, 11) is 0. The minimum absolute atomic E-state index is 0.234. The smallest absolute Gasteiger partial charge is 0.325 e. The number of halogens is 3. The maximum absolute atomic E-state index is 12.1. The molecule has 0 radical (unpaired) electrons. The predicted molar refractivity (Wildman–Crippen MR) is 53.7 cm³/mol. The molecule has 2 unspecified atom stereocenters. The van der Waals surface area contributed by atoms with E-state index in [-0.39, 0.29) is 24.7 Å². The van der Waals surface area contributed by atoms with Gasteiger partial charge in [0.05, 0.1) is 18.6 Å². The largest absolute Gasteiger partial charge is 0.390 e. The topological polar surface area (TPSA) is 32.3 Å². The maximum atomic E-state index is 12.1. The Morgan fingerprint density at radius 3 is 2.56 bits per heavy atom. The molecular formula is C10H17F3N2O. The van der Waals surface area contributed by atoms with E-state index in [1.165, 1.54) is 4.90 Å². The van der Waals surface area contributed by atoms with Crippen molar-refractivity contribution in [3.63, 3.8) is 0 Å². The minimum atomic E-state index is -4.21. The highest BCUT2D eigenvalue weighted by Gasteiger charge is 2.38. The molecule has 1 saturated heterocycles. The van der Waals surface area contributed by atoms with Crippen LogP contribution in [0.15, 0.2) is 0 Å². The van der Waals surface area contributed by atoms with Gasteiger partial charge in [0, 0.05) is 6.54 Å². The van der Waals surface area contributed by atoms with E-state index in [2.05, 4.69) is 5.32 Å². The lowest BCUT2D eigenvalue weighted by Gasteiger charge is -2.24. The third-order valence-electron chi connectivity index (χ3n) is 2.67. The van der Waals surface area contributed by atoms with E-state index >= 15 is 0 Å². The van der Waals surface area contributed by atoms with Gasteiger partial charge in [0.15, 0.2) is 0 Å². The summed E-state index contributed by atoms with van der Waals surface area (Å²) in [6.07, 6.45) is -3.86. The van der Waals surface area contributed by atoms with Crippen molar-refractivity contribution < 1.29 is 18.0 Å². The second-order valence-corrected chi connectivity index (χ2v) is 4.09. The summed E-state index contributed by atoms with van der Waals surface area (Å²) < 4.78 is 36.3. The molecule has 1 rings (SSSR count). The zero-order valence-corrected chi connectivity index (χ0v) is 9.47. The Balaban J connectivity index is 2.56. The number of amides is 1. The van der Waals surface area contributed by atoms with Crippen molar-refractivity contribution in [2.24, 2.45) is 0 Å². The maximum Gasteiger partial charge on any atom is 0.390 e. The van der Waals surface area contributed by atoms with Crippen LogP contribution in [0.25, 0.3) is 0 Å². The molecule has 0 aromatic carbocycles. The lowest BCUT2D eigenvalue weighted by molar-refractivity contribution is -0.145. The average molecular weight is 238 g/mol. The number of carbonyl (C=O) groups excluding carboxylic acids is 1. The molecule has 1 amide bonds. The zero-order valence-electron chi connectivity index (χ0n) is 9.47. The molecule has 6 heteroatoms. The minimum Gasteiger partial charge on any atom is -0.325 e. The molecule has 1 aliphatic heterocycles. The van der Waals surface area contributed by atoms with Gasteiger partial charge in [-0.15, -0.1) is 0 Å². The SMILES string of the molecule is CCCC1NC(C)C(=O)N1CCC(F)(F)F. The van der Waals surface area contributed by atoms with Crippen molar-refractivity contribution in [2.45, 2.75) is 51.5 Å². The molecule has 1 aliphatic rings. The molecule has 0 bridgehead atoms. The number of hydrogen-bond donors (Lipinski definition) is 1. The second-order valence-electron chi connectivity index (χ2n) is 4.09. The first kappa shape index (κ1) is 13.3. The van der Waals surface area contributed by atoms with Crippen molar-refractivity contribution in [1.82, 2.24) is 10.2 Å². The third kappa shape index (κ3) is 3.37. The van der Waals surface area contributed by atoms with Crippen molar-refractivity contribution >= 4 is 5.91 Å². The van der Waals surface area contributed by atoms with Crippen LogP contribution in [0.4, 0.5) is 13.2 Å². The van der Waals surface area contributed by atoms with E-state index in [1.54, 1.807) is 6.92 Å². The molecule has 0 aliphatic carbocycles. The van der Waals surface area contributed by atoms with Gasteiger partial charge in [-0.2, -0.15) is 13.2 Å². The third-order valence-corrected chi connectivity index (χ3v) is 2.67. The van der Waals surface area contributed by atoms with Crippen LogP contribution in [-0.2, 0) is 4.79 Å². The fraction of sp³-hybridized carbons (Fsp3) is 0.900. The number of rotatable bonds is 4. The molecule has 94 valence electrons. The summed E-state index contributed by atoms with van der Waals surface area (Å²) in [5, 5.41) is 3.00. The quantitative estimate of drug-likeness (QED) is 0.811. The Hall–Kier alpha value is -0.780. The lowest BCUT2D eigenvalue weighted by atomic mass is 10.2. The van der Waals surface area contributed by atoms with Gasteiger partial charge in [-0.3, -0.25) is 10.1 Å². The van der Waals surface area contributed by atoms with Gasteiger partial charge in [-0.25, -0.2) is 0 Å². The fourth-order valence-corrected chi connectivity index (χ4v) is 1.88. The van der Waals surface area contributed by atoms with Crippen LogP contribution in [-0.4, -0.2) is 35.7 Å². The highest BCUT2D eigenvalue weighted by molar-refractivity contribution is 5.83. The van der Waals surface area contributed by atoms with Gasteiger partial charge in [-0.1, -0.05) is 13.3 Å². The number of nitrogens with zero attached hydrogens (tertiary/aromatic N) is 1. The summed E-state index contributed by atoms with van der Waals surface area (Å²) in [5.74, 6) is -0.234. The van der Waals surface area contributed by atoms with Crippen LogP contribution in [0.3, 0.4) is 0 Å². The monoisotopic (exact) mass is 238 g/mol. The van der Waals surface area contributed by atoms with Gasteiger partial charge in [-0.05, 0) is 13.3 Å². The van der Waals surface area contributed by atoms with Crippen LogP contribution in [0.2, 0.25) is 0 Å². The molecule has 2 atom stereocenters. The van der Waals surface area contributed by atoms with Gasteiger partial charge >= 0.3 is 6.18 Å². The van der Waals surface area contributed by atoms with Gasteiger partial charge < -0.3 is 4.90 Å². The molecule has 1 N–H and O–H groups in total. The van der Waals surface area contributed by atoms with Gasteiger partial charge in [0.2, 0.25) is 5.91 Å². The van der Waals surface area contributed by atoms with Crippen LogP contribution in [0.5, 0.6) is 0 Å². The number of alkyl halides is 3. The van der Waals surface area contributed by atoms with Crippen molar-refractivity contribution in [3.05, 3.63) is 0 Å². The molecule has 3 nitrogen and oxygen atoms in total. The number of nitrogens with one attached hydrogen (secondary N) is 1. The van der Waals surface area contributed by atoms with Crippen LogP contribution in [0, 0.1) is 0 Å². The van der Waals surface area contributed by atoms with E-state index in [4.69, 9.17) is 0 Å². The Labute approximate surface area is 93.0 Å². The molecule has 0 spiro atoms. The van der Waals surface area contributed by atoms with E-state index in [0.717, 1.165) is 6.42 Å². The summed E-state index contributed by atoms with van der Waals surface area (Å²) in [6.45, 7) is 3.38. The Bertz CT molecular complexity index is 255.